The van der Waals surface area contributed by atoms with Crippen molar-refractivity contribution in [3.8, 4) is 0 Å². The predicted octanol–water partition coefficient (Wildman–Crippen LogP) is 3.01. The van der Waals surface area contributed by atoms with Crippen molar-refractivity contribution in [1.29, 1.82) is 0 Å². The number of hydrogen-bond acceptors (Lipinski definition) is 3. The second-order valence-electron chi connectivity index (χ2n) is 3.05. The summed E-state index contributed by atoms with van der Waals surface area (Å²) >= 11 is 11.4. The van der Waals surface area contributed by atoms with Crippen LogP contribution in [0.5, 0.6) is 0 Å². The Kier molecular flexibility index (Phi) is 3.17. The molecule has 0 aromatic carbocycles. The molecule has 0 aliphatic heterocycles. The zero-order valence-corrected chi connectivity index (χ0v) is 9.53. The van der Waals surface area contributed by atoms with Crippen molar-refractivity contribution in [2.75, 3.05) is 0 Å². The Bertz CT molecular complexity index is 509. The van der Waals surface area contributed by atoms with Gasteiger partial charge in [0.15, 0.2) is 0 Å². The minimum Gasteiger partial charge on any atom is -0.287 e. The highest BCUT2D eigenvalue weighted by atomic mass is 35.5. The molecule has 3 nitrogen and oxygen atoms in total. The highest BCUT2D eigenvalue weighted by Crippen LogP contribution is 2.16. The maximum atomic E-state index is 11.9. The molecule has 0 radical (unpaired) electrons. The average Bonchev–Trinajstić information content (AvgIpc) is 2.28. The maximum absolute atomic E-state index is 11.9. The van der Waals surface area contributed by atoms with Gasteiger partial charge in [-0.15, -0.1) is 0 Å². The zero-order valence-electron chi connectivity index (χ0n) is 8.02. The summed E-state index contributed by atoms with van der Waals surface area (Å²) in [6, 6.07) is 8.04. The van der Waals surface area contributed by atoms with E-state index in [2.05, 4.69) is 9.97 Å². The number of halogens is 2. The summed E-state index contributed by atoms with van der Waals surface area (Å²) in [6.45, 7) is 0. The van der Waals surface area contributed by atoms with Crippen molar-refractivity contribution in [2.45, 2.75) is 0 Å². The molecule has 0 atom stereocenters. The fraction of sp³-hybridized carbons (Fsp3) is 0. The van der Waals surface area contributed by atoms with Crippen molar-refractivity contribution in [2.24, 2.45) is 0 Å². The van der Waals surface area contributed by atoms with E-state index in [0.717, 1.165) is 0 Å². The summed E-state index contributed by atoms with van der Waals surface area (Å²) in [5.74, 6) is -0.230. The quantitative estimate of drug-likeness (QED) is 0.610. The van der Waals surface area contributed by atoms with E-state index in [4.69, 9.17) is 23.2 Å². The Morgan fingerprint density at radius 3 is 2.38 bits per heavy atom. The molecule has 80 valence electrons. The highest BCUT2D eigenvalue weighted by Gasteiger charge is 2.11. The lowest BCUT2D eigenvalue weighted by molar-refractivity contribution is 0.103. The molecule has 2 heterocycles. The minimum atomic E-state index is -0.230. The molecule has 0 saturated heterocycles. The van der Waals surface area contributed by atoms with E-state index < -0.39 is 0 Å². The molecule has 2 rings (SSSR count). The van der Waals surface area contributed by atoms with E-state index in [0.29, 0.717) is 11.3 Å². The van der Waals surface area contributed by atoms with Crippen LogP contribution in [0.15, 0.2) is 36.5 Å². The topological polar surface area (TPSA) is 42.9 Å². The number of rotatable bonds is 2. The van der Waals surface area contributed by atoms with Gasteiger partial charge in [-0.05, 0) is 24.3 Å². The van der Waals surface area contributed by atoms with E-state index in [-0.39, 0.29) is 16.1 Å². The number of nitrogens with zero attached hydrogens (tertiary/aromatic N) is 2. The molecule has 16 heavy (non-hydrogen) atoms. The molecule has 0 N–H and O–H groups in total. The molecule has 0 spiro atoms. The Balaban J connectivity index is 2.42. The first-order chi connectivity index (χ1) is 7.66. The number of carbonyl (C=O) groups excluding carboxylic acids is 1. The number of aromatic nitrogens is 2. The lowest BCUT2D eigenvalue weighted by Gasteiger charge is -2.01. The molecule has 5 heteroatoms. The summed E-state index contributed by atoms with van der Waals surface area (Å²) in [7, 11) is 0. The second-order valence-corrected chi connectivity index (χ2v) is 3.82. The van der Waals surface area contributed by atoms with E-state index >= 15 is 0 Å². The molecule has 0 fully saturated rings. The van der Waals surface area contributed by atoms with Gasteiger partial charge in [0.25, 0.3) is 0 Å². The molecular weight excluding hydrogens is 247 g/mol. The van der Waals surface area contributed by atoms with Gasteiger partial charge < -0.3 is 0 Å². The van der Waals surface area contributed by atoms with Gasteiger partial charge in [-0.25, -0.2) is 4.98 Å². The third kappa shape index (κ3) is 2.38. The van der Waals surface area contributed by atoms with Crippen LogP contribution in [0, 0.1) is 0 Å². The fourth-order valence-corrected chi connectivity index (χ4v) is 1.70. The number of pyridine rings is 2. The Morgan fingerprint density at radius 1 is 1.12 bits per heavy atom. The van der Waals surface area contributed by atoms with Gasteiger partial charge in [0.1, 0.15) is 16.0 Å². The van der Waals surface area contributed by atoms with E-state index in [1.807, 2.05) is 0 Å². The first kappa shape index (κ1) is 11.0. The summed E-state index contributed by atoms with van der Waals surface area (Å²) in [5, 5.41) is 0.374. The smallest absolute Gasteiger partial charge is 0.211 e. The number of hydrogen-bond donors (Lipinski definition) is 0. The van der Waals surface area contributed by atoms with Crippen molar-refractivity contribution in [1.82, 2.24) is 9.97 Å². The average molecular weight is 253 g/mol. The first-order valence-corrected chi connectivity index (χ1v) is 5.21. The van der Waals surface area contributed by atoms with Crippen LogP contribution in [-0.2, 0) is 0 Å². The monoisotopic (exact) mass is 252 g/mol. The summed E-state index contributed by atoms with van der Waals surface area (Å²) in [4.78, 5) is 19.7. The molecule has 2 aromatic rings. The van der Waals surface area contributed by atoms with Gasteiger partial charge >= 0.3 is 0 Å². The Morgan fingerprint density at radius 2 is 1.81 bits per heavy atom. The van der Waals surface area contributed by atoms with Gasteiger partial charge in [-0.1, -0.05) is 29.3 Å². The first-order valence-electron chi connectivity index (χ1n) is 4.45. The zero-order chi connectivity index (χ0) is 11.5. The highest BCUT2D eigenvalue weighted by molar-refractivity contribution is 6.33. The van der Waals surface area contributed by atoms with E-state index in [1.165, 1.54) is 12.1 Å². The standard InChI is InChI=1S/C11H6Cl2N2O/c12-9-5-7(6-10(13)15-9)11(16)8-3-1-2-4-14-8/h1-6H. The Labute approximate surface area is 102 Å². The number of ketones is 1. The van der Waals surface area contributed by atoms with Crippen LogP contribution in [0.4, 0.5) is 0 Å². The van der Waals surface area contributed by atoms with Crippen LogP contribution in [0.3, 0.4) is 0 Å². The van der Waals surface area contributed by atoms with Crippen LogP contribution in [0.1, 0.15) is 16.1 Å². The van der Waals surface area contributed by atoms with Crippen LogP contribution >= 0.6 is 23.2 Å². The van der Waals surface area contributed by atoms with Crippen molar-refractivity contribution in [3.05, 3.63) is 58.1 Å². The van der Waals surface area contributed by atoms with E-state index in [9.17, 15) is 4.79 Å². The minimum absolute atomic E-state index is 0.187. The summed E-state index contributed by atoms with van der Waals surface area (Å²) < 4.78 is 0. The van der Waals surface area contributed by atoms with Gasteiger partial charge in [-0.3, -0.25) is 9.78 Å². The fourth-order valence-electron chi connectivity index (χ4n) is 1.24. The predicted molar refractivity (Wildman–Crippen MR) is 61.9 cm³/mol. The lowest BCUT2D eigenvalue weighted by Crippen LogP contribution is -2.03. The molecule has 0 amide bonds. The van der Waals surface area contributed by atoms with Crippen LogP contribution in [0.25, 0.3) is 0 Å². The molecule has 0 saturated carbocycles. The Hall–Kier alpha value is -1.45. The largest absolute Gasteiger partial charge is 0.287 e. The molecule has 0 bridgehead atoms. The third-order valence-electron chi connectivity index (χ3n) is 1.92. The van der Waals surface area contributed by atoms with Crippen LogP contribution in [-0.4, -0.2) is 15.8 Å². The lowest BCUT2D eigenvalue weighted by atomic mass is 10.1. The third-order valence-corrected chi connectivity index (χ3v) is 2.31. The van der Waals surface area contributed by atoms with Gasteiger partial charge in [0, 0.05) is 11.8 Å². The SMILES string of the molecule is O=C(c1cc(Cl)nc(Cl)c1)c1ccccn1. The molecule has 2 aromatic heterocycles. The summed E-state index contributed by atoms with van der Waals surface area (Å²) in [6.07, 6.45) is 1.55. The van der Waals surface area contributed by atoms with Gasteiger partial charge in [0.2, 0.25) is 5.78 Å². The van der Waals surface area contributed by atoms with Crippen LogP contribution in [0.2, 0.25) is 10.3 Å². The second kappa shape index (κ2) is 4.60. The van der Waals surface area contributed by atoms with Crippen LogP contribution < -0.4 is 0 Å². The molecular formula is C11H6Cl2N2O. The van der Waals surface area contributed by atoms with Crippen molar-refractivity contribution >= 4 is 29.0 Å². The molecule has 0 aliphatic carbocycles. The van der Waals surface area contributed by atoms with Gasteiger partial charge in [0.05, 0.1) is 0 Å². The van der Waals surface area contributed by atoms with E-state index in [1.54, 1.807) is 24.4 Å². The van der Waals surface area contributed by atoms with Gasteiger partial charge in [-0.2, -0.15) is 0 Å². The van der Waals surface area contributed by atoms with Crippen molar-refractivity contribution in [3.63, 3.8) is 0 Å². The molecule has 0 unspecified atom stereocenters. The summed E-state index contributed by atoms with van der Waals surface area (Å²) in [5.41, 5.74) is 0.726. The molecule has 0 aliphatic rings. The number of carbonyl (C=O) groups is 1. The normalized spacial score (nSPS) is 10.1. The maximum Gasteiger partial charge on any atom is 0.211 e. The van der Waals surface area contributed by atoms with Crippen molar-refractivity contribution < 1.29 is 4.79 Å².